The van der Waals surface area contributed by atoms with Crippen LogP contribution in [0.2, 0.25) is 5.28 Å². The van der Waals surface area contributed by atoms with E-state index in [1.807, 2.05) is 229 Å². The molecule has 45 heteroatoms. The topological polar surface area (TPSA) is 458 Å². The van der Waals surface area contributed by atoms with Crippen LogP contribution in [-0.4, -0.2) is 278 Å². The normalized spacial score (nSPS) is 10.7. The number of ether oxygens (including phenoxy) is 4. The van der Waals surface area contributed by atoms with Crippen LogP contribution in [0.5, 0.6) is 23.0 Å². The van der Waals surface area contributed by atoms with Crippen molar-refractivity contribution in [2.45, 2.75) is 0 Å². The summed E-state index contributed by atoms with van der Waals surface area (Å²) in [7, 11) is 30.8. The Bertz CT molecular complexity index is 7060. The first kappa shape index (κ1) is 111. The number of benzene rings is 8. The highest BCUT2D eigenvalue weighted by atomic mass is 35.5. The number of amides is 1. The zero-order valence-electron chi connectivity index (χ0n) is 82.6. The van der Waals surface area contributed by atoms with Crippen molar-refractivity contribution < 1.29 is 43.5 Å². The number of methoxy groups -OCH3 is 4. The molecule has 754 valence electrons. The number of rotatable bonds is 35. The van der Waals surface area contributed by atoms with Gasteiger partial charge in [-0.05, 0) is 177 Å². The Kier molecular flexibility index (Phi) is 41.7. The van der Waals surface area contributed by atoms with Gasteiger partial charge >= 0.3 is 0 Å². The van der Waals surface area contributed by atoms with E-state index in [0.29, 0.717) is 93.7 Å². The van der Waals surface area contributed by atoms with Crippen molar-refractivity contribution in [3.63, 3.8) is 0 Å². The van der Waals surface area contributed by atoms with Gasteiger partial charge in [0.2, 0.25) is 34.3 Å². The second kappa shape index (κ2) is 54.2. The molecule has 0 aliphatic carbocycles. The van der Waals surface area contributed by atoms with E-state index in [-0.39, 0.29) is 28.3 Å². The predicted molar refractivity (Wildman–Crippen MR) is 587 cm³/mol. The minimum absolute atomic E-state index is 0.0143. The zero-order valence-corrected chi connectivity index (χ0v) is 87.4. The van der Waals surface area contributed by atoms with Crippen LogP contribution < -0.4 is 71.3 Å². The van der Waals surface area contributed by atoms with Crippen LogP contribution in [0.25, 0.3) is 85.9 Å². The summed E-state index contributed by atoms with van der Waals surface area (Å²) < 4.78 is 26.4. The minimum atomic E-state index is -0.509. The molecular weight excluding hydrogens is 1960 g/mol. The SMILES string of the molecule is C=CC(=O)Cl.C=CC(=O)Nc1cc(Nc2nccc(-c3ccc4ncsc4c3)n2)c(OC)cc1N(C)CCN(C)C.CO.COc1cc(N(C)CCN(C)C)c(N)cc1Nc1nccc(-c2ccc3ncsc3c2)n1.COc1cc(N(C)CCN(C)C)c([N+](=O)[O-])cc1N.COc1cc(N(C)CCN(C)C)c([N+](=O)[O-])cc1Nc1nccc(-c2ccc3ncsc3c2)n1.Clc1nccc(-c2ccc3ncsc3c2)n1. The lowest BCUT2D eigenvalue weighted by atomic mass is 10.1. The first-order valence-electron chi connectivity index (χ1n) is 44.1. The van der Waals surface area contributed by atoms with E-state index in [0.717, 1.165) is 150 Å². The number of likely N-dealkylation sites (N-methyl/N-ethyl adjacent to an activating group) is 8. The summed E-state index contributed by atoms with van der Waals surface area (Å²) in [6.45, 7) is 12.9. The van der Waals surface area contributed by atoms with Gasteiger partial charge in [-0.3, -0.25) is 29.8 Å². The van der Waals surface area contributed by atoms with Crippen molar-refractivity contribution in [1.29, 1.82) is 0 Å². The van der Waals surface area contributed by atoms with Gasteiger partial charge in [-0.1, -0.05) is 37.4 Å². The summed E-state index contributed by atoms with van der Waals surface area (Å²) in [5.41, 5.74) is 36.3. The number of nitro benzene ring substituents is 2. The molecule has 8 aromatic heterocycles. The van der Waals surface area contributed by atoms with Crippen LogP contribution in [0.3, 0.4) is 0 Å². The lowest BCUT2D eigenvalue weighted by Crippen LogP contribution is -2.29. The van der Waals surface area contributed by atoms with E-state index in [4.69, 9.17) is 68.7 Å². The number of nitrogen functional groups attached to an aromatic ring is 2. The lowest BCUT2D eigenvalue weighted by molar-refractivity contribution is -0.384. The van der Waals surface area contributed by atoms with E-state index in [1.54, 1.807) is 96.5 Å². The van der Waals surface area contributed by atoms with Crippen LogP contribution in [-0.2, 0) is 9.59 Å². The largest absolute Gasteiger partial charge is 0.495 e. The summed E-state index contributed by atoms with van der Waals surface area (Å²) >= 11 is 16.8. The lowest BCUT2D eigenvalue weighted by Gasteiger charge is -2.26. The molecule has 0 radical (unpaired) electrons. The Labute approximate surface area is 859 Å². The Balaban J connectivity index is 0.000000186. The van der Waals surface area contributed by atoms with E-state index >= 15 is 0 Å². The maximum absolute atomic E-state index is 12.2. The fourth-order valence-electron chi connectivity index (χ4n) is 13.6. The molecule has 0 bridgehead atoms. The molecule has 16 rings (SSSR count). The summed E-state index contributed by atoms with van der Waals surface area (Å²) in [6, 6.07) is 45.1. The number of halogens is 2. The van der Waals surface area contributed by atoms with Crippen LogP contribution >= 0.6 is 68.5 Å². The van der Waals surface area contributed by atoms with Crippen molar-refractivity contribution >= 4 is 207 Å². The molecule has 8 aromatic carbocycles. The number of carbonyl (C=O) groups is 2. The van der Waals surface area contributed by atoms with Crippen molar-refractivity contribution in [2.24, 2.45) is 0 Å². The monoisotopic (exact) mass is 2070 g/mol. The fourth-order valence-corrected chi connectivity index (χ4v) is 16.6. The van der Waals surface area contributed by atoms with Crippen molar-refractivity contribution in [1.82, 2.24) is 79.4 Å². The number of nitrogens with one attached hydrogen (secondary N) is 4. The third kappa shape index (κ3) is 31.4. The van der Waals surface area contributed by atoms with Gasteiger partial charge in [-0.25, -0.2) is 59.8 Å². The molecule has 16 aromatic rings. The molecule has 0 spiro atoms. The highest BCUT2D eigenvalue weighted by molar-refractivity contribution is 7.17. The Morgan fingerprint density at radius 1 is 0.389 bits per heavy atom. The van der Waals surface area contributed by atoms with E-state index in [9.17, 15) is 29.8 Å². The number of aromatic nitrogens is 12. The molecule has 1 amide bonds. The van der Waals surface area contributed by atoms with Gasteiger partial charge in [0.05, 0.1) is 169 Å². The Morgan fingerprint density at radius 2 is 0.694 bits per heavy atom. The molecule has 39 nitrogen and oxygen atoms in total. The zero-order chi connectivity index (χ0) is 104. The van der Waals surface area contributed by atoms with Crippen LogP contribution in [0.1, 0.15) is 0 Å². The Morgan fingerprint density at radius 3 is 1.03 bits per heavy atom. The van der Waals surface area contributed by atoms with Crippen molar-refractivity contribution in [2.75, 3.05) is 225 Å². The standard InChI is InChI=1S/C26H29N7O2S.C23H25N7O3S.C23H27N7OS.C12H20N4O3.C11H6ClN3S.C3H3ClO.CH4O/c1-6-25(34)29-20-14-21(23(35-5)15-22(20)33(4)12-11-32(2)3)31-26-27-10-9-18(30-26)17-7-8-19-24(13-17)36-16-28-19;1-28(2)9-10-29(3)19-13-21(33-4)18(12-20(19)30(31)32)27-23-24-8-7-16(26-23)15-5-6-17-22(11-15)34-14-25-17;1-29(2)9-10-30(3)20-13-21(31-4)19(12-16(20)24)28-23-25-8-7-17(27-23)15-5-6-18-22(11-15)32-14-26-18;1-14(2)5-6-15(3)10-8-12(19-4)9(13)7-11(10)16(17)18;12-11-13-4-3-8(15-11)7-1-2-9-10(5-7)16-6-14-9;1-2-3(4)5;1-2/h6-10,13-16H,1,11-12H2,2-5H3,(H,29,34)(H,27,30,31);5-8,11-14H,9-10H2,1-4H3,(H,24,26,27);5-8,11-14H,9-10,24H2,1-4H3,(H,25,27,28);7-8H,5-6,13H2,1-4H3;1-6H;2H,1H2;2H,1H3. The van der Waals surface area contributed by atoms with Crippen molar-refractivity contribution in [3.05, 3.63) is 243 Å². The second-order valence-electron chi connectivity index (χ2n) is 32.4. The average Bonchev–Trinajstić information content (AvgIpc) is 1.55. The minimum Gasteiger partial charge on any atom is -0.495 e. The molecule has 0 saturated carbocycles. The fraction of sp³-hybridized carbons (Fsp3) is 0.253. The van der Waals surface area contributed by atoms with E-state index in [1.165, 1.54) is 32.4 Å². The van der Waals surface area contributed by atoms with Gasteiger partial charge in [0.25, 0.3) is 11.4 Å². The molecule has 9 N–H and O–H groups in total. The van der Waals surface area contributed by atoms with Crippen LogP contribution in [0, 0.1) is 20.2 Å². The predicted octanol–water partition coefficient (Wildman–Crippen LogP) is 18.3. The smallest absolute Gasteiger partial charge is 0.294 e. The van der Waals surface area contributed by atoms with E-state index in [2.05, 4.69) is 122 Å². The molecular formula is C99H114Cl2N28O11S4. The van der Waals surface area contributed by atoms with Crippen LogP contribution in [0.15, 0.2) is 218 Å². The third-order valence-electron chi connectivity index (χ3n) is 21.3. The number of thiazole rings is 4. The summed E-state index contributed by atoms with van der Waals surface area (Å²) in [5.74, 6) is 3.05. The number of nitrogens with zero attached hydrogens (tertiary/aromatic N) is 22. The number of hydrogen-bond donors (Lipinski definition) is 7. The van der Waals surface area contributed by atoms with Crippen molar-refractivity contribution in [3.8, 4) is 68.0 Å². The molecule has 0 aliphatic rings. The number of fused-ring (bicyclic) bond motifs is 4. The summed E-state index contributed by atoms with van der Waals surface area (Å²) in [4.78, 5) is 112. The number of aliphatic hydroxyl groups excluding tert-OH is 1. The summed E-state index contributed by atoms with van der Waals surface area (Å²) in [6.07, 6.45) is 9.03. The van der Waals surface area contributed by atoms with E-state index < -0.39 is 15.1 Å². The maximum atomic E-state index is 12.2. The van der Waals surface area contributed by atoms with Gasteiger partial charge in [-0.15, -0.1) is 45.3 Å². The number of hydrogen-bond acceptors (Lipinski definition) is 40. The molecule has 0 aliphatic heterocycles. The third-order valence-corrected chi connectivity index (χ3v) is 24.8. The van der Waals surface area contributed by atoms with Gasteiger partial charge < -0.3 is 96.0 Å². The number of nitrogens with two attached hydrogens (primary N) is 2. The molecule has 0 fully saturated rings. The Hall–Kier alpha value is -15.2. The number of aliphatic hydroxyl groups is 1. The maximum Gasteiger partial charge on any atom is 0.294 e. The quantitative estimate of drug-likeness (QED) is 0.00484. The molecule has 144 heavy (non-hydrogen) atoms. The highest BCUT2D eigenvalue weighted by Gasteiger charge is 2.26. The number of nitro groups is 2. The van der Waals surface area contributed by atoms with Gasteiger partial charge in [-0.2, -0.15) is 0 Å². The average molecular weight is 2070 g/mol. The highest BCUT2D eigenvalue weighted by Crippen LogP contribution is 2.43. The second-order valence-corrected chi connectivity index (χ2v) is 36.7. The van der Waals surface area contributed by atoms with Gasteiger partial charge in [0.1, 0.15) is 34.4 Å². The molecule has 0 saturated heterocycles. The summed E-state index contributed by atoms with van der Waals surface area (Å²) in [5, 5.41) is 42.2. The van der Waals surface area contributed by atoms with Gasteiger partial charge in [0.15, 0.2) is 0 Å². The molecule has 0 unspecified atom stereocenters. The first-order valence-corrected chi connectivity index (χ1v) is 48.4. The van der Waals surface area contributed by atoms with Crippen LogP contribution in [0.4, 0.5) is 86.1 Å². The number of anilines is 13. The first-order chi connectivity index (χ1) is 69.1. The van der Waals surface area contributed by atoms with Gasteiger partial charge in [0, 0.05) is 171 Å². The number of allylic oxidation sites excluding steroid dienone is 1. The number of carbonyl (C=O) groups excluding carboxylic acids is 2. The molecule has 8 heterocycles. The molecule has 0 atom stereocenters.